The van der Waals surface area contributed by atoms with Gasteiger partial charge in [-0.1, -0.05) is 17.7 Å². The van der Waals surface area contributed by atoms with E-state index in [1.807, 2.05) is 12.1 Å². The van der Waals surface area contributed by atoms with E-state index >= 15 is 0 Å². The highest BCUT2D eigenvalue weighted by Crippen LogP contribution is 2.38. The highest BCUT2D eigenvalue weighted by Gasteiger charge is 2.28. The molecule has 6 heteroatoms. The van der Waals surface area contributed by atoms with Gasteiger partial charge in [-0.05, 0) is 42.5 Å². The Morgan fingerprint density at radius 1 is 1.16 bits per heavy atom. The van der Waals surface area contributed by atoms with Gasteiger partial charge >= 0.3 is 0 Å². The molecule has 2 aromatic heterocycles. The summed E-state index contributed by atoms with van der Waals surface area (Å²) in [6.45, 7) is 3.98. The molecule has 1 fully saturated rings. The number of hydrogen-bond acceptors (Lipinski definition) is 4. The molecule has 3 heterocycles. The third kappa shape index (κ3) is 2.12. The molecule has 1 aromatic carbocycles. The smallest absolute Gasteiger partial charge is 0.148 e. The summed E-state index contributed by atoms with van der Waals surface area (Å²) in [5.74, 6) is 1.26. The van der Waals surface area contributed by atoms with Gasteiger partial charge in [0.05, 0.1) is 10.5 Å². The largest absolute Gasteiger partial charge is 0.355 e. The molecule has 0 spiro atoms. The van der Waals surface area contributed by atoms with Crippen molar-refractivity contribution in [3.05, 3.63) is 39.9 Å². The Kier molecular flexibility index (Phi) is 3.47. The molecule has 0 saturated carbocycles. The zero-order valence-corrected chi connectivity index (χ0v) is 14.7. The minimum Gasteiger partial charge on any atom is -0.355 e. The van der Waals surface area contributed by atoms with E-state index in [-0.39, 0.29) is 0 Å². The molecule has 2 N–H and O–H groups in total. The molecule has 1 aliphatic heterocycles. The molecule has 2 aliphatic rings. The van der Waals surface area contributed by atoms with Crippen molar-refractivity contribution in [1.82, 2.24) is 14.7 Å². The predicted molar refractivity (Wildman–Crippen MR) is 103 cm³/mol. The van der Waals surface area contributed by atoms with Crippen molar-refractivity contribution in [3.8, 4) is 0 Å². The van der Waals surface area contributed by atoms with Gasteiger partial charge in [-0.2, -0.15) is 0 Å². The first-order valence-corrected chi connectivity index (χ1v) is 9.28. The number of nitrogens with zero attached hydrogens (tertiary/aromatic N) is 3. The SMILES string of the molecule is N=Cc1c2c(c(N3CCNCC3)n3c1nc1c(Cl)cccc13)CCC2. The molecule has 0 radical (unpaired) electrons. The number of rotatable bonds is 2. The van der Waals surface area contributed by atoms with Crippen molar-refractivity contribution in [3.63, 3.8) is 0 Å². The van der Waals surface area contributed by atoms with E-state index in [9.17, 15) is 0 Å². The summed E-state index contributed by atoms with van der Waals surface area (Å²) in [5, 5.41) is 12.1. The molecule has 0 bridgehead atoms. The van der Waals surface area contributed by atoms with Crippen molar-refractivity contribution in [2.45, 2.75) is 19.3 Å². The number of imidazole rings is 1. The quantitative estimate of drug-likeness (QED) is 0.696. The van der Waals surface area contributed by atoms with Crippen LogP contribution in [0.3, 0.4) is 0 Å². The minimum absolute atomic E-state index is 0.670. The van der Waals surface area contributed by atoms with E-state index in [1.54, 1.807) is 0 Å². The maximum atomic E-state index is 8.00. The Balaban J connectivity index is 1.94. The Morgan fingerprint density at radius 3 is 2.76 bits per heavy atom. The number of benzene rings is 1. The zero-order chi connectivity index (χ0) is 17.0. The van der Waals surface area contributed by atoms with Crippen LogP contribution < -0.4 is 10.2 Å². The molecule has 0 unspecified atom stereocenters. The van der Waals surface area contributed by atoms with Gasteiger partial charge in [0.2, 0.25) is 0 Å². The van der Waals surface area contributed by atoms with Crippen molar-refractivity contribution in [2.75, 3.05) is 31.1 Å². The fourth-order valence-electron chi connectivity index (χ4n) is 4.38. The van der Waals surface area contributed by atoms with Crippen molar-refractivity contribution in [1.29, 1.82) is 5.41 Å². The standard InChI is InChI=1S/C19H20ClN5/c20-15-5-2-6-16-17(15)23-18-14(11-21)12-3-1-4-13(12)19(25(16)18)24-9-7-22-8-10-24/h2,5-6,11,21-22H,1,3-4,7-10H2. The van der Waals surface area contributed by atoms with Crippen molar-refractivity contribution < 1.29 is 0 Å². The fraction of sp³-hybridized carbons (Fsp3) is 0.368. The van der Waals surface area contributed by atoms with Crippen LogP contribution in [0.5, 0.6) is 0 Å². The van der Waals surface area contributed by atoms with E-state index in [0.29, 0.717) is 5.02 Å². The molecular formula is C19H20ClN5. The lowest BCUT2D eigenvalue weighted by Gasteiger charge is -2.32. The number of anilines is 1. The number of piperazine rings is 1. The van der Waals surface area contributed by atoms with Crippen LogP contribution in [-0.4, -0.2) is 41.8 Å². The van der Waals surface area contributed by atoms with E-state index in [4.69, 9.17) is 22.0 Å². The second kappa shape index (κ2) is 5.71. The Hall–Kier alpha value is -2.11. The molecule has 5 rings (SSSR count). The van der Waals surface area contributed by atoms with Gasteiger partial charge in [0.1, 0.15) is 17.0 Å². The first-order chi connectivity index (χ1) is 12.3. The lowest BCUT2D eigenvalue weighted by atomic mass is 10.0. The molecule has 0 amide bonds. The minimum atomic E-state index is 0.670. The van der Waals surface area contributed by atoms with E-state index in [1.165, 1.54) is 23.2 Å². The first kappa shape index (κ1) is 15.2. The number of para-hydroxylation sites is 1. The Morgan fingerprint density at radius 2 is 1.96 bits per heavy atom. The number of nitrogens with one attached hydrogen (secondary N) is 2. The average Bonchev–Trinajstić information content (AvgIpc) is 3.26. The predicted octanol–water partition coefficient (Wildman–Crippen LogP) is 3.04. The highest BCUT2D eigenvalue weighted by molar-refractivity contribution is 6.35. The zero-order valence-electron chi connectivity index (χ0n) is 14.0. The number of pyridine rings is 1. The second-order valence-corrected chi connectivity index (χ2v) is 7.21. The van der Waals surface area contributed by atoms with Gasteiger partial charge < -0.3 is 15.6 Å². The number of aromatic nitrogens is 2. The van der Waals surface area contributed by atoms with E-state index in [2.05, 4.69) is 20.7 Å². The second-order valence-electron chi connectivity index (χ2n) is 6.81. The summed E-state index contributed by atoms with van der Waals surface area (Å²) in [7, 11) is 0. The molecule has 25 heavy (non-hydrogen) atoms. The lowest BCUT2D eigenvalue weighted by molar-refractivity contribution is 0.582. The molecule has 1 saturated heterocycles. The monoisotopic (exact) mass is 353 g/mol. The number of hydrogen-bond donors (Lipinski definition) is 2. The van der Waals surface area contributed by atoms with Crippen LogP contribution in [0.4, 0.5) is 5.82 Å². The average molecular weight is 354 g/mol. The van der Waals surface area contributed by atoms with Crippen LogP contribution in [0.15, 0.2) is 18.2 Å². The maximum Gasteiger partial charge on any atom is 0.148 e. The summed E-state index contributed by atoms with van der Waals surface area (Å²) >= 11 is 6.43. The van der Waals surface area contributed by atoms with Crippen LogP contribution in [-0.2, 0) is 12.8 Å². The van der Waals surface area contributed by atoms with Gasteiger partial charge in [-0.3, -0.25) is 4.40 Å². The summed E-state index contributed by atoms with van der Waals surface area (Å²) < 4.78 is 2.25. The normalized spacial score (nSPS) is 17.4. The molecule has 1 aliphatic carbocycles. The Labute approximate surface area is 151 Å². The lowest BCUT2D eigenvalue weighted by Crippen LogP contribution is -2.44. The highest BCUT2D eigenvalue weighted by atomic mass is 35.5. The molecule has 3 aromatic rings. The van der Waals surface area contributed by atoms with Crippen LogP contribution >= 0.6 is 11.6 Å². The number of halogens is 1. The third-order valence-corrected chi connectivity index (χ3v) is 5.77. The summed E-state index contributed by atoms with van der Waals surface area (Å²) in [5.41, 5.74) is 6.39. The van der Waals surface area contributed by atoms with Crippen LogP contribution in [0.1, 0.15) is 23.1 Å². The third-order valence-electron chi connectivity index (χ3n) is 5.46. The molecule has 0 atom stereocenters. The van der Waals surface area contributed by atoms with Crippen molar-refractivity contribution in [2.24, 2.45) is 0 Å². The van der Waals surface area contributed by atoms with E-state index < -0.39 is 0 Å². The van der Waals surface area contributed by atoms with Crippen molar-refractivity contribution >= 4 is 40.3 Å². The first-order valence-electron chi connectivity index (χ1n) is 8.90. The fourth-order valence-corrected chi connectivity index (χ4v) is 4.59. The summed E-state index contributed by atoms with van der Waals surface area (Å²) in [6, 6.07) is 5.96. The van der Waals surface area contributed by atoms with Crippen LogP contribution in [0.25, 0.3) is 16.7 Å². The topological polar surface area (TPSA) is 56.4 Å². The molecule has 128 valence electrons. The molecule has 5 nitrogen and oxygen atoms in total. The van der Waals surface area contributed by atoms with Gasteiger partial charge in [0.15, 0.2) is 0 Å². The van der Waals surface area contributed by atoms with Gasteiger partial charge in [0, 0.05) is 38.0 Å². The summed E-state index contributed by atoms with van der Waals surface area (Å²) in [6.07, 6.45) is 4.74. The molecular weight excluding hydrogens is 334 g/mol. The summed E-state index contributed by atoms with van der Waals surface area (Å²) in [4.78, 5) is 7.33. The van der Waals surface area contributed by atoms with E-state index in [0.717, 1.165) is 67.7 Å². The van der Waals surface area contributed by atoms with Gasteiger partial charge in [-0.15, -0.1) is 0 Å². The number of fused-ring (bicyclic) bond motifs is 4. The Bertz CT molecular complexity index is 1000. The van der Waals surface area contributed by atoms with Crippen LogP contribution in [0.2, 0.25) is 5.02 Å². The maximum absolute atomic E-state index is 8.00. The van der Waals surface area contributed by atoms with Gasteiger partial charge in [0.25, 0.3) is 0 Å². The van der Waals surface area contributed by atoms with Gasteiger partial charge in [-0.25, -0.2) is 4.98 Å². The van der Waals surface area contributed by atoms with Crippen LogP contribution in [0, 0.1) is 5.41 Å².